The van der Waals surface area contributed by atoms with E-state index in [4.69, 9.17) is 4.98 Å². The van der Waals surface area contributed by atoms with Crippen molar-refractivity contribution in [2.75, 3.05) is 0 Å². The molecule has 27 heavy (non-hydrogen) atoms. The summed E-state index contributed by atoms with van der Waals surface area (Å²) >= 11 is 0. The number of carboxylic acid groups (broad SMARTS) is 1. The van der Waals surface area contributed by atoms with Gasteiger partial charge in [-0.15, -0.1) is 0 Å². The Morgan fingerprint density at radius 3 is 2.59 bits per heavy atom. The van der Waals surface area contributed by atoms with E-state index < -0.39 is 12.0 Å². The minimum Gasteiger partial charge on any atom is -0.480 e. The van der Waals surface area contributed by atoms with E-state index in [1.165, 1.54) is 0 Å². The highest BCUT2D eigenvalue weighted by Crippen LogP contribution is 2.22. The molecule has 1 atom stereocenters. The molecule has 0 aliphatic rings. The average molecular weight is 368 g/mol. The molecule has 0 radical (unpaired) electrons. The molecular formula is C20H24N4O3. The smallest absolute Gasteiger partial charge is 0.326 e. The van der Waals surface area contributed by atoms with Crippen molar-refractivity contribution in [3.63, 3.8) is 0 Å². The summed E-state index contributed by atoms with van der Waals surface area (Å²) in [6.07, 6.45) is 0.680. The van der Waals surface area contributed by atoms with Crippen molar-refractivity contribution in [1.29, 1.82) is 0 Å². The van der Waals surface area contributed by atoms with Gasteiger partial charge in [0, 0.05) is 23.2 Å². The molecule has 1 amide bonds. The summed E-state index contributed by atoms with van der Waals surface area (Å²) < 4.78 is 1.82. The Balaban J connectivity index is 1.84. The number of amides is 1. The first-order chi connectivity index (χ1) is 12.8. The summed E-state index contributed by atoms with van der Waals surface area (Å²) in [5.74, 6) is -1.47. The lowest BCUT2D eigenvalue weighted by atomic mass is 10.0. The molecule has 0 aliphatic heterocycles. The van der Waals surface area contributed by atoms with Crippen molar-refractivity contribution in [3.8, 4) is 0 Å². The minimum absolute atomic E-state index is 0.176. The highest BCUT2D eigenvalue weighted by Gasteiger charge is 2.23. The van der Waals surface area contributed by atoms with Gasteiger partial charge in [-0.3, -0.25) is 4.79 Å². The highest BCUT2D eigenvalue weighted by molar-refractivity contribution is 5.92. The highest BCUT2D eigenvalue weighted by atomic mass is 16.4. The molecule has 0 aliphatic carbocycles. The van der Waals surface area contributed by atoms with Crippen LogP contribution in [0.4, 0.5) is 0 Å². The molecular weight excluding hydrogens is 344 g/mol. The lowest BCUT2D eigenvalue weighted by Gasteiger charge is -2.18. The van der Waals surface area contributed by atoms with Gasteiger partial charge in [0.15, 0.2) is 5.65 Å². The first-order valence-corrected chi connectivity index (χ1v) is 9.05. The predicted molar refractivity (Wildman–Crippen MR) is 103 cm³/mol. The number of hydrogen-bond donors (Lipinski definition) is 2. The number of benzene rings is 1. The fraction of sp³-hybridized carbons (Fsp3) is 0.400. The number of aryl methyl sites for hydroxylation is 2. The Kier molecular flexibility index (Phi) is 5.12. The third kappa shape index (κ3) is 3.63. The molecule has 0 saturated heterocycles. The summed E-state index contributed by atoms with van der Waals surface area (Å²) in [5, 5.41) is 17.4. The molecule has 7 heteroatoms. The Labute approximate surface area is 157 Å². The van der Waals surface area contributed by atoms with Crippen molar-refractivity contribution < 1.29 is 14.7 Å². The fourth-order valence-electron chi connectivity index (χ4n) is 3.34. The summed E-state index contributed by atoms with van der Waals surface area (Å²) in [5.41, 5.74) is 4.45. The van der Waals surface area contributed by atoms with Crippen LogP contribution in [-0.4, -0.2) is 37.6 Å². The molecule has 2 aromatic heterocycles. The molecule has 2 heterocycles. The largest absolute Gasteiger partial charge is 0.480 e. The Morgan fingerprint density at radius 2 is 1.93 bits per heavy atom. The van der Waals surface area contributed by atoms with Crippen LogP contribution in [0.5, 0.6) is 0 Å². The number of carbonyl (C=O) groups excluding carboxylic acids is 1. The molecule has 1 aromatic carbocycles. The lowest BCUT2D eigenvalue weighted by Crippen LogP contribution is -2.44. The number of aliphatic carboxylic acids is 1. The molecule has 0 saturated carbocycles. The number of rotatable bonds is 6. The lowest BCUT2D eigenvalue weighted by molar-refractivity contribution is -0.143. The zero-order valence-electron chi connectivity index (χ0n) is 16.0. The van der Waals surface area contributed by atoms with E-state index in [2.05, 4.69) is 10.4 Å². The van der Waals surface area contributed by atoms with Gasteiger partial charge in [-0.05, 0) is 43.9 Å². The Bertz CT molecular complexity index is 1020. The van der Waals surface area contributed by atoms with Crippen LogP contribution in [-0.2, 0) is 16.0 Å². The van der Waals surface area contributed by atoms with Crippen molar-refractivity contribution in [3.05, 3.63) is 41.2 Å². The van der Waals surface area contributed by atoms with Gasteiger partial charge in [0.05, 0.1) is 5.52 Å². The van der Waals surface area contributed by atoms with Crippen LogP contribution < -0.4 is 5.32 Å². The Hall–Kier alpha value is -2.96. The van der Waals surface area contributed by atoms with Gasteiger partial charge in [-0.1, -0.05) is 26.0 Å². The van der Waals surface area contributed by atoms with E-state index >= 15 is 0 Å². The van der Waals surface area contributed by atoms with E-state index in [-0.39, 0.29) is 18.2 Å². The van der Waals surface area contributed by atoms with E-state index in [0.717, 1.165) is 33.5 Å². The molecule has 3 rings (SSSR count). The van der Waals surface area contributed by atoms with Crippen molar-refractivity contribution >= 4 is 28.4 Å². The van der Waals surface area contributed by atoms with Crippen LogP contribution in [0, 0.1) is 19.8 Å². The average Bonchev–Trinajstić information content (AvgIpc) is 2.98. The summed E-state index contributed by atoms with van der Waals surface area (Å²) in [6.45, 7) is 7.44. The van der Waals surface area contributed by atoms with Gasteiger partial charge < -0.3 is 10.4 Å². The van der Waals surface area contributed by atoms with Crippen molar-refractivity contribution in [2.45, 2.75) is 46.6 Å². The predicted octanol–water partition coefficient (Wildman–Crippen LogP) is 2.66. The van der Waals surface area contributed by atoms with Gasteiger partial charge in [0.1, 0.15) is 6.04 Å². The maximum absolute atomic E-state index is 12.2. The van der Waals surface area contributed by atoms with Crippen LogP contribution >= 0.6 is 0 Å². The quantitative estimate of drug-likeness (QED) is 0.697. The number of nitrogens with one attached hydrogen (secondary N) is 1. The normalized spacial score (nSPS) is 12.6. The SMILES string of the molecule is Cc1nc2c3ccccc3nn2c(C)c1CCC(=O)N[C@@H](C(=O)O)C(C)C. The molecule has 0 unspecified atom stereocenters. The molecule has 7 nitrogen and oxygen atoms in total. The number of carbonyl (C=O) groups is 2. The zero-order chi connectivity index (χ0) is 19.7. The monoisotopic (exact) mass is 368 g/mol. The number of fused-ring (bicyclic) bond motifs is 3. The zero-order valence-corrected chi connectivity index (χ0v) is 16.0. The molecule has 3 aromatic rings. The third-order valence-corrected chi connectivity index (χ3v) is 4.87. The van der Waals surface area contributed by atoms with Crippen LogP contribution in [0.15, 0.2) is 24.3 Å². The summed E-state index contributed by atoms with van der Waals surface area (Å²) in [4.78, 5) is 28.2. The summed E-state index contributed by atoms with van der Waals surface area (Å²) in [6, 6.07) is 6.97. The third-order valence-electron chi connectivity index (χ3n) is 4.87. The molecule has 0 spiro atoms. The van der Waals surface area contributed by atoms with E-state index in [9.17, 15) is 14.7 Å². The van der Waals surface area contributed by atoms with Crippen LogP contribution in [0.2, 0.25) is 0 Å². The first kappa shape index (κ1) is 18.8. The standard InChI is InChI=1S/C20H24N4O3/c1-11(2)18(20(26)27)22-17(25)10-9-14-12(3)21-19-15-7-5-6-8-16(15)23-24(19)13(14)4/h5-8,11,18H,9-10H2,1-4H3,(H,22,25)(H,26,27)/t18-/m1/s1. The van der Waals surface area contributed by atoms with Crippen molar-refractivity contribution in [2.24, 2.45) is 5.92 Å². The van der Waals surface area contributed by atoms with E-state index in [1.54, 1.807) is 13.8 Å². The van der Waals surface area contributed by atoms with Gasteiger partial charge in [-0.2, -0.15) is 5.10 Å². The van der Waals surface area contributed by atoms with Gasteiger partial charge in [-0.25, -0.2) is 14.3 Å². The fourth-order valence-corrected chi connectivity index (χ4v) is 3.34. The van der Waals surface area contributed by atoms with Crippen LogP contribution in [0.3, 0.4) is 0 Å². The van der Waals surface area contributed by atoms with Gasteiger partial charge >= 0.3 is 5.97 Å². The number of aromatic nitrogens is 3. The second-order valence-corrected chi connectivity index (χ2v) is 7.14. The number of carboxylic acids is 1. The van der Waals surface area contributed by atoms with Crippen LogP contribution in [0.1, 0.15) is 37.2 Å². The minimum atomic E-state index is -1.02. The molecule has 142 valence electrons. The van der Waals surface area contributed by atoms with Gasteiger partial charge in [0.2, 0.25) is 5.91 Å². The second kappa shape index (κ2) is 7.34. The summed E-state index contributed by atoms with van der Waals surface area (Å²) in [7, 11) is 0. The van der Waals surface area contributed by atoms with Crippen LogP contribution in [0.25, 0.3) is 16.6 Å². The maximum Gasteiger partial charge on any atom is 0.326 e. The van der Waals surface area contributed by atoms with Gasteiger partial charge in [0.25, 0.3) is 0 Å². The number of nitrogens with zero attached hydrogens (tertiary/aromatic N) is 3. The maximum atomic E-state index is 12.2. The molecule has 0 fully saturated rings. The van der Waals surface area contributed by atoms with Crippen molar-refractivity contribution in [1.82, 2.24) is 19.9 Å². The molecule has 2 N–H and O–H groups in total. The Morgan fingerprint density at radius 1 is 1.22 bits per heavy atom. The topological polar surface area (TPSA) is 96.6 Å². The second-order valence-electron chi connectivity index (χ2n) is 7.14. The van der Waals surface area contributed by atoms with E-state index in [1.807, 2.05) is 42.6 Å². The number of hydrogen-bond acceptors (Lipinski definition) is 4. The molecule has 0 bridgehead atoms. The van der Waals surface area contributed by atoms with E-state index in [0.29, 0.717) is 6.42 Å². The first-order valence-electron chi connectivity index (χ1n) is 9.05.